The smallest absolute Gasteiger partial charge is 0.254 e. The van der Waals surface area contributed by atoms with Gasteiger partial charge in [0.05, 0.1) is 14.2 Å². The summed E-state index contributed by atoms with van der Waals surface area (Å²) in [5.74, 6) is 2.15. The first-order chi connectivity index (χ1) is 12.5. The second-order valence-corrected chi connectivity index (χ2v) is 6.68. The molecule has 3 rings (SSSR count). The van der Waals surface area contributed by atoms with Crippen LogP contribution in [0.3, 0.4) is 0 Å². The van der Waals surface area contributed by atoms with Crippen molar-refractivity contribution >= 4 is 11.7 Å². The Morgan fingerprint density at radius 2 is 1.85 bits per heavy atom. The Balaban J connectivity index is 1.81. The molecule has 0 radical (unpaired) electrons. The first-order valence-corrected chi connectivity index (χ1v) is 8.77. The van der Waals surface area contributed by atoms with Crippen LogP contribution in [-0.2, 0) is 13.0 Å². The Hall–Kier alpha value is -2.76. The predicted octanol–water partition coefficient (Wildman–Crippen LogP) is 3.12. The fraction of sp³-hybridized carbons (Fsp3) is 0.400. The number of fused-ring (bicyclic) bond motifs is 1. The van der Waals surface area contributed by atoms with Crippen molar-refractivity contribution in [2.45, 2.75) is 32.9 Å². The summed E-state index contributed by atoms with van der Waals surface area (Å²) in [5.41, 5.74) is 2.94. The van der Waals surface area contributed by atoms with E-state index in [-0.39, 0.29) is 11.9 Å². The summed E-state index contributed by atoms with van der Waals surface area (Å²) >= 11 is 0. The van der Waals surface area contributed by atoms with Crippen molar-refractivity contribution in [3.05, 3.63) is 47.2 Å². The minimum atomic E-state index is 0.0136. The topological polar surface area (TPSA) is 63.7 Å². The molecule has 0 bridgehead atoms. The van der Waals surface area contributed by atoms with Crippen molar-refractivity contribution in [3.63, 3.8) is 0 Å². The number of amides is 1. The van der Waals surface area contributed by atoms with E-state index in [1.807, 2.05) is 36.9 Å². The van der Waals surface area contributed by atoms with Crippen LogP contribution < -0.4 is 14.8 Å². The lowest BCUT2D eigenvalue weighted by molar-refractivity contribution is 0.0734. The number of nitrogens with zero attached hydrogens (tertiary/aromatic N) is 2. The number of rotatable bonds is 5. The molecule has 1 amide bonds. The number of ether oxygens (including phenoxy) is 2. The molecule has 0 fully saturated rings. The van der Waals surface area contributed by atoms with Crippen molar-refractivity contribution in [2.24, 2.45) is 0 Å². The van der Waals surface area contributed by atoms with E-state index >= 15 is 0 Å². The zero-order chi connectivity index (χ0) is 18.7. The molecule has 1 aliphatic heterocycles. The summed E-state index contributed by atoms with van der Waals surface area (Å²) < 4.78 is 10.8. The Morgan fingerprint density at radius 3 is 2.50 bits per heavy atom. The monoisotopic (exact) mass is 355 g/mol. The minimum absolute atomic E-state index is 0.0136. The summed E-state index contributed by atoms with van der Waals surface area (Å²) in [5, 5.41) is 3.23. The van der Waals surface area contributed by atoms with Gasteiger partial charge in [-0.1, -0.05) is 0 Å². The Bertz CT molecular complexity index is 805. The Morgan fingerprint density at radius 1 is 1.15 bits per heavy atom. The average Bonchev–Trinajstić information content (AvgIpc) is 2.65. The van der Waals surface area contributed by atoms with Crippen molar-refractivity contribution < 1.29 is 14.3 Å². The lowest BCUT2D eigenvalue weighted by Crippen LogP contribution is -2.36. The maximum Gasteiger partial charge on any atom is 0.254 e. The lowest BCUT2D eigenvalue weighted by Gasteiger charge is -2.29. The van der Waals surface area contributed by atoms with Gasteiger partial charge in [0.25, 0.3) is 5.91 Å². The molecule has 138 valence electrons. The fourth-order valence-electron chi connectivity index (χ4n) is 3.18. The molecule has 0 saturated carbocycles. The minimum Gasteiger partial charge on any atom is -0.493 e. The molecule has 1 aliphatic rings. The highest BCUT2D eigenvalue weighted by Crippen LogP contribution is 2.33. The highest BCUT2D eigenvalue weighted by Gasteiger charge is 2.24. The molecule has 0 unspecified atom stereocenters. The summed E-state index contributed by atoms with van der Waals surface area (Å²) in [4.78, 5) is 19.1. The molecule has 1 aromatic heterocycles. The highest BCUT2D eigenvalue weighted by atomic mass is 16.5. The van der Waals surface area contributed by atoms with Crippen LogP contribution in [0.4, 0.5) is 5.82 Å². The molecular weight excluding hydrogens is 330 g/mol. The SMILES string of the molecule is COc1cc2c(cc1OC)CN(C(=O)c1ccnc(NC(C)C)c1)CC2. The van der Waals surface area contributed by atoms with Crippen LogP contribution in [0.1, 0.15) is 35.3 Å². The van der Waals surface area contributed by atoms with Crippen LogP contribution in [0, 0.1) is 0 Å². The third-order valence-corrected chi connectivity index (χ3v) is 4.45. The van der Waals surface area contributed by atoms with Gasteiger partial charge in [-0.05, 0) is 55.7 Å². The summed E-state index contributed by atoms with van der Waals surface area (Å²) in [6.07, 6.45) is 2.47. The van der Waals surface area contributed by atoms with Crippen molar-refractivity contribution in [2.75, 3.05) is 26.1 Å². The summed E-state index contributed by atoms with van der Waals surface area (Å²) in [7, 11) is 3.26. The van der Waals surface area contributed by atoms with Gasteiger partial charge < -0.3 is 19.7 Å². The third kappa shape index (κ3) is 3.74. The molecule has 1 N–H and O–H groups in total. The number of benzene rings is 1. The largest absolute Gasteiger partial charge is 0.493 e. The first kappa shape index (κ1) is 18.0. The van der Waals surface area contributed by atoms with Crippen molar-refractivity contribution in [1.82, 2.24) is 9.88 Å². The lowest BCUT2D eigenvalue weighted by atomic mass is 9.98. The van der Waals surface area contributed by atoms with Crippen molar-refractivity contribution in [3.8, 4) is 11.5 Å². The predicted molar refractivity (Wildman–Crippen MR) is 101 cm³/mol. The average molecular weight is 355 g/mol. The molecule has 0 spiro atoms. The van der Waals surface area contributed by atoms with Gasteiger partial charge in [0.15, 0.2) is 11.5 Å². The number of pyridine rings is 1. The second kappa shape index (κ2) is 7.64. The van der Waals surface area contributed by atoms with E-state index < -0.39 is 0 Å². The normalized spacial score (nSPS) is 13.3. The maximum atomic E-state index is 12.9. The third-order valence-electron chi connectivity index (χ3n) is 4.45. The van der Waals surface area contributed by atoms with Crippen molar-refractivity contribution in [1.29, 1.82) is 0 Å². The van der Waals surface area contributed by atoms with Crippen LogP contribution >= 0.6 is 0 Å². The van der Waals surface area contributed by atoms with Crippen LogP contribution in [0.15, 0.2) is 30.5 Å². The van der Waals surface area contributed by atoms with E-state index in [0.717, 1.165) is 23.6 Å². The molecule has 0 atom stereocenters. The van der Waals surface area contributed by atoms with E-state index in [0.29, 0.717) is 24.4 Å². The molecule has 1 aromatic carbocycles. The number of aromatic nitrogens is 1. The van der Waals surface area contributed by atoms with Crippen LogP contribution in [0.25, 0.3) is 0 Å². The van der Waals surface area contributed by atoms with Gasteiger partial charge in [-0.15, -0.1) is 0 Å². The number of nitrogens with one attached hydrogen (secondary N) is 1. The zero-order valence-corrected chi connectivity index (χ0v) is 15.7. The molecule has 0 aliphatic carbocycles. The van der Waals surface area contributed by atoms with E-state index in [1.54, 1.807) is 26.5 Å². The van der Waals surface area contributed by atoms with E-state index in [9.17, 15) is 4.79 Å². The Labute approximate surface area is 154 Å². The van der Waals surface area contributed by atoms with Gasteiger partial charge in [0.1, 0.15) is 5.82 Å². The van der Waals surface area contributed by atoms with Crippen LogP contribution in [0.2, 0.25) is 0 Å². The molecule has 2 heterocycles. The quantitative estimate of drug-likeness (QED) is 0.893. The summed E-state index contributed by atoms with van der Waals surface area (Å²) in [6.45, 7) is 5.32. The van der Waals surface area contributed by atoms with Crippen LogP contribution in [0.5, 0.6) is 11.5 Å². The zero-order valence-electron chi connectivity index (χ0n) is 15.7. The van der Waals surface area contributed by atoms with Gasteiger partial charge in [-0.25, -0.2) is 4.98 Å². The summed E-state index contributed by atoms with van der Waals surface area (Å²) in [6, 6.07) is 7.81. The maximum absolute atomic E-state index is 12.9. The highest BCUT2D eigenvalue weighted by molar-refractivity contribution is 5.95. The molecular formula is C20H25N3O3. The molecule has 6 nitrogen and oxygen atoms in total. The molecule has 0 saturated heterocycles. The van der Waals surface area contributed by atoms with Gasteiger partial charge >= 0.3 is 0 Å². The van der Waals surface area contributed by atoms with E-state index in [4.69, 9.17) is 9.47 Å². The molecule has 6 heteroatoms. The number of methoxy groups -OCH3 is 2. The van der Waals surface area contributed by atoms with Gasteiger partial charge in [0.2, 0.25) is 0 Å². The number of carbonyl (C=O) groups excluding carboxylic acids is 1. The Kier molecular flexibility index (Phi) is 5.30. The standard InChI is InChI=1S/C20H25N3O3/c1-13(2)22-19-11-15(5-7-21-19)20(24)23-8-6-14-9-17(25-3)18(26-4)10-16(14)12-23/h5,7,9-11,13H,6,8,12H2,1-4H3,(H,21,22). The molecule has 2 aromatic rings. The first-order valence-electron chi connectivity index (χ1n) is 8.77. The van der Waals surface area contributed by atoms with Gasteiger partial charge in [-0.2, -0.15) is 0 Å². The number of carbonyl (C=O) groups is 1. The molecule has 26 heavy (non-hydrogen) atoms. The van der Waals surface area contributed by atoms with Gasteiger partial charge in [0, 0.05) is 30.9 Å². The number of anilines is 1. The number of hydrogen-bond acceptors (Lipinski definition) is 5. The van der Waals surface area contributed by atoms with E-state index in [2.05, 4.69) is 10.3 Å². The van der Waals surface area contributed by atoms with Crippen LogP contribution in [-0.4, -0.2) is 42.6 Å². The number of hydrogen-bond donors (Lipinski definition) is 1. The fourth-order valence-corrected chi connectivity index (χ4v) is 3.18. The van der Waals surface area contributed by atoms with E-state index in [1.165, 1.54) is 5.56 Å². The van der Waals surface area contributed by atoms with Gasteiger partial charge in [-0.3, -0.25) is 4.79 Å². The second-order valence-electron chi connectivity index (χ2n) is 6.68.